The van der Waals surface area contributed by atoms with Gasteiger partial charge in [0.2, 0.25) is 5.91 Å². The molecule has 0 aliphatic carbocycles. The second-order valence-corrected chi connectivity index (χ2v) is 5.50. The maximum atomic E-state index is 11.8. The number of amides is 1. The number of carboxylic acids is 1. The van der Waals surface area contributed by atoms with Gasteiger partial charge < -0.3 is 10.0 Å². The maximum Gasteiger partial charge on any atom is 0.323 e. The molecule has 106 valence electrons. The number of rotatable bonds is 7. The number of carbonyl (C=O) groups excluding carboxylic acids is 1. The number of carbonyl (C=O) groups is 2. The molecule has 0 unspecified atom stereocenters. The van der Waals surface area contributed by atoms with Crippen LogP contribution in [-0.4, -0.2) is 40.7 Å². The lowest BCUT2D eigenvalue weighted by atomic mass is 10.3. The Morgan fingerprint density at radius 3 is 2.55 bits per heavy atom. The van der Waals surface area contributed by atoms with E-state index in [9.17, 15) is 9.59 Å². The number of hydrogen-bond donors (Lipinski definition) is 1. The van der Waals surface area contributed by atoms with Crippen LogP contribution in [0.4, 0.5) is 0 Å². The van der Waals surface area contributed by atoms with Crippen LogP contribution in [0.1, 0.15) is 6.42 Å². The minimum Gasteiger partial charge on any atom is -0.480 e. The van der Waals surface area contributed by atoms with Gasteiger partial charge in [0.05, 0.1) is 6.54 Å². The fourth-order valence-electron chi connectivity index (χ4n) is 1.45. The highest BCUT2D eigenvalue weighted by Gasteiger charge is 2.15. The average molecular weight is 312 g/mol. The van der Waals surface area contributed by atoms with Crippen molar-refractivity contribution in [1.29, 1.82) is 0 Å². The zero-order valence-electron chi connectivity index (χ0n) is 10.7. The van der Waals surface area contributed by atoms with E-state index in [0.29, 0.717) is 10.8 Å². The zero-order chi connectivity index (χ0) is 15.0. The Kier molecular flexibility index (Phi) is 6.99. The van der Waals surface area contributed by atoms with E-state index in [1.54, 1.807) is 12.1 Å². The molecular formula is C14H14ClNO3S. The second kappa shape index (κ2) is 8.51. The molecule has 1 N–H and O–H groups in total. The van der Waals surface area contributed by atoms with Crippen molar-refractivity contribution in [3.8, 4) is 12.3 Å². The summed E-state index contributed by atoms with van der Waals surface area (Å²) in [5.74, 6) is 1.52. The van der Waals surface area contributed by atoms with Gasteiger partial charge in [-0.15, -0.1) is 18.2 Å². The average Bonchev–Trinajstić information content (AvgIpc) is 2.40. The minimum absolute atomic E-state index is 0.0107. The van der Waals surface area contributed by atoms with Crippen LogP contribution in [0.5, 0.6) is 0 Å². The molecule has 0 saturated carbocycles. The lowest BCUT2D eigenvalue weighted by Gasteiger charge is -2.17. The van der Waals surface area contributed by atoms with Gasteiger partial charge in [-0.3, -0.25) is 9.59 Å². The van der Waals surface area contributed by atoms with E-state index in [-0.39, 0.29) is 25.4 Å². The van der Waals surface area contributed by atoms with Crippen LogP contribution >= 0.6 is 23.4 Å². The number of hydrogen-bond acceptors (Lipinski definition) is 3. The second-order valence-electron chi connectivity index (χ2n) is 3.90. The van der Waals surface area contributed by atoms with Gasteiger partial charge in [-0.1, -0.05) is 17.5 Å². The van der Waals surface area contributed by atoms with Gasteiger partial charge in [0, 0.05) is 22.1 Å². The standard InChI is InChI=1S/C14H14ClNO3S/c1-2-8-16(10-14(18)19)13(17)7-9-20-12-5-3-11(15)4-6-12/h1,3-6H,7-10H2,(H,18,19). The first-order chi connectivity index (χ1) is 9.52. The maximum absolute atomic E-state index is 11.8. The first-order valence-corrected chi connectivity index (χ1v) is 7.20. The summed E-state index contributed by atoms with van der Waals surface area (Å²) in [5.41, 5.74) is 0. The van der Waals surface area contributed by atoms with E-state index in [2.05, 4.69) is 5.92 Å². The Bertz CT molecular complexity index is 510. The Labute approximate surface area is 127 Å². The lowest BCUT2D eigenvalue weighted by molar-refractivity contribution is -0.143. The molecule has 0 radical (unpaired) electrons. The van der Waals surface area contributed by atoms with Crippen molar-refractivity contribution in [2.75, 3.05) is 18.8 Å². The minimum atomic E-state index is -1.07. The molecule has 0 bridgehead atoms. The molecule has 0 aliphatic rings. The summed E-state index contributed by atoms with van der Waals surface area (Å²) in [6, 6.07) is 7.30. The van der Waals surface area contributed by atoms with Gasteiger partial charge in [0.1, 0.15) is 6.54 Å². The van der Waals surface area contributed by atoms with Crippen molar-refractivity contribution in [3.63, 3.8) is 0 Å². The summed E-state index contributed by atoms with van der Waals surface area (Å²) >= 11 is 7.28. The van der Waals surface area contributed by atoms with Crippen molar-refractivity contribution in [2.24, 2.45) is 0 Å². The third kappa shape index (κ3) is 6.00. The summed E-state index contributed by atoms with van der Waals surface area (Å²) in [4.78, 5) is 24.6. The van der Waals surface area contributed by atoms with E-state index in [0.717, 1.165) is 9.80 Å². The summed E-state index contributed by atoms with van der Waals surface area (Å²) in [6.07, 6.45) is 5.36. The molecule has 0 spiro atoms. The van der Waals surface area contributed by atoms with E-state index >= 15 is 0 Å². The fourth-order valence-corrected chi connectivity index (χ4v) is 2.42. The molecule has 0 heterocycles. The van der Waals surface area contributed by atoms with Crippen LogP contribution in [0.25, 0.3) is 0 Å². The molecule has 1 aromatic rings. The van der Waals surface area contributed by atoms with Crippen molar-refractivity contribution in [3.05, 3.63) is 29.3 Å². The van der Waals surface area contributed by atoms with Crippen molar-refractivity contribution in [1.82, 2.24) is 4.90 Å². The third-order valence-electron chi connectivity index (χ3n) is 2.36. The van der Waals surface area contributed by atoms with Crippen molar-refractivity contribution < 1.29 is 14.7 Å². The molecule has 4 nitrogen and oxygen atoms in total. The number of thioether (sulfide) groups is 1. The smallest absolute Gasteiger partial charge is 0.323 e. The van der Waals surface area contributed by atoms with Crippen molar-refractivity contribution >= 4 is 35.2 Å². The van der Waals surface area contributed by atoms with Gasteiger partial charge in [0.15, 0.2) is 0 Å². The normalized spacial score (nSPS) is 9.80. The Balaban J connectivity index is 2.42. The van der Waals surface area contributed by atoms with Crippen LogP contribution in [-0.2, 0) is 9.59 Å². The predicted octanol–water partition coefficient (Wildman–Crippen LogP) is 2.37. The molecule has 0 fully saturated rings. The fraction of sp³-hybridized carbons (Fsp3) is 0.286. The molecule has 6 heteroatoms. The molecule has 1 rings (SSSR count). The number of carboxylic acid groups (broad SMARTS) is 1. The summed E-state index contributed by atoms with van der Waals surface area (Å²) in [5, 5.41) is 9.37. The SMILES string of the molecule is C#CCN(CC(=O)O)C(=O)CCSc1ccc(Cl)cc1. The van der Waals surface area contributed by atoms with Gasteiger partial charge in [-0.05, 0) is 24.3 Å². The molecule has 1 aromatic carbocycles. The van der Waals surface area contributed by atoms with Gasteiger partial charge in [-0.25, -0.2) is 0 Å². The number of halogens is 1. The molecular weight excluding hydrogens is 298 g/mol. The number of benzene rings is 1. The Morgan fingerprint density at radius 1 is 1.35 bits per heavy atom. The van der Waals surface area contributed by atoms with Gasteiger partial charge in [-0.2, -0.15) is 0 Å². The quantitative estimate of drug-likeness (QED) is 0.620. The molecule has 20 heavy (non-hydrogen) atoms. The number of nitrogens with zero attached hydrogens (tertiary/aromatic N) is 1. The molecule has 0 saturated heterocycles. The largest absolute Gasteiger partial charge is 0.480 e. The van der Waals surface area contributed by atoms with Crippen LogP contribution in [0.3, 0.4) is 0 Å². The monoisotopic (exact) mass is 311 g/mol. The highest BCUT2D eigenvalue weighted by atomic mass is 35.5. The zero-order valence-corrected chi connectivity index (χ0v) is 12.3. The Morgan fingerprint density at radius 2 is 2.00 bits per heavy atom. The van der Waals surface area contributed by atoms with E-state index < -0.39 is 5.97 Å². The molecule has 0 aromatic heterocycles. The predicted molar refractivity (Wildman–Crippen MR) is 79.8 cm³/mol. The van der Waals surface area contributed by atoms with Crippen LogP contribution < -0.4 is 0 Å². The topological polar surface area (TPSA) is 57.6 Å². The van der Waals surface area contributed by atoms with E-state index in [1.807, 2.05) is 12.1 Å². The molecule has 1 amide bonds. The molecule has 0 atom stereocenters. The highest BCUT2D eigenvalue weighted by molar-refractivity contribution is 7.99. The Hall–Kier alpha value is -1.64. The number of aliphatic carboxylic acids is 1. The van der Waals surface area contributed by atoms with E-state index in [4.69, 9.17) is 23.1 Å². The summed E-state index contributed by atoms with van der Waals surface area (Å²) < 4.78 is 0. The molecule has 0 aliphatic heterocycles. The van der Waals surface area contributed by atoms with Gasteiger partial charge >= 0.3 is 5.97 Å². The van der Waals surface area contributed by atoms with Crippen LogP contribution in [0.15, 0.2) is 29.2 Å². The van der Waals surface area contributed by atoms with Gasteiger partial charge in [0.25, 0.3) is 0 Å². The lowest BCUT2D eigenvalue weighted by Crippen LogP contribution is -2.36. The van der Waals surface area contributed by atoms with Crippen molar-refractivity contribution in [2.45, 2.75) is 11.3 Å². The first kappa shape index (κ1) is 16.4. The summed E-state index contributed by atoms with van der Waals surface area (Å²) in [7, 11) is 0. The highest BCUT2D eigenvalue weighted by Crippen LogP contribution is 2.21. The number of terminal acetylenes is 1. The van der Waals surface area contributed by atoms with Crippen LogP contribution in [0, 0.1) is 12.3 Å². The van der Waals surface area contributed by atoms with E-state index in [1.165, 1.54) is 11.8 Å². The summed E-state index contributed by atoms with van der Waals surface area (Å²) in [6.45, 7) is -0.356. The first-order valence-electron chi connectivity index (χ1n) is 5.84. The van der Waals surface area contributed by atoms with Crippen LogP contribution in [0.2, 0.25) is 5.02 Å². The third-order valence-corrected chi connectivity index (χ3v) is 3.62.